The number of amides is 1. The number of hydrogen-bond donors (Lipinski definition) is 0. The summed E-state index contributed by atoms with van der Waals surface area (Å²) in [6, 6.07) is 0. The van der Waals surface area contributed by atoms with Crippen molar-refractivity contribution in [3.8, 4) is 0 Å². The molecule has 1 rings (SSSR count). The number of hydrogen-bond acceptors (Lipinski definition) is 5. The Labute approximate surface area is 119 Å². The van der Waals surface area contributed by atoms with Gasteiger partial charge in [0.25, 0.3) is 0 Å². The van der Waals surface area contributed by atoms with Crippen LogP contribution >= 0.6 is 0 Å². The van der Waals surface area contributed by atoms with Crippen LogP contribution in [0, 0.1) is 0 Å². The Morgan fingerprint density at radius 1 is 1.50 bits per heavy atom. The quantitative estimate of drug-likeness (QED) is 0.451. The van der Waals surface area contributed by atoms with Crippen LogP contribution < -0.4 is 0 Å². The van der Waals surface area contributed by atoms with Crippen LogP contribution in [-0.2, 0) is 14.3 Å². The average molecular weight is 282 g/mol. The summed E-state index contributed by atoms with van der Waals surface area (Å²) in [7, 11) is 1.55. The Hall–Kier alpha value is -1.98. The molecule has 1 heterocycles. The number of methoxy groups -OCH3 is 1. The van der Waals surface area contributed by atoms with Gasteiger partial charge >= 0.3 is 6.09 Å². The van der Waals surface area contributed by atoms with E-state index in [9.17, 15) is 4.79 Å². The van der Waals surface area contributed by atoms with Gasteiger partial charge in [-0.25, -0.2) is 4.79 Å². The van der Waals surface area contributed by atoms with Gasteiger partial charge in [-0.15, -0.1) is 0 Å². The van der Waals surface area contributed by atoms with Crippen LogP contribution in [0.4, 0.5) is 4.79 Å². The van der Waals surface area contributed by atoms with Crippen LogP contribution in [-0.4, -0.2) is 49.1 Å². The SMILES string of the molecule is C=CCON=C1C=C(OC)CN(C(=O)OC(C)(C)C)C1. The Balaban J connectivity index is 2.76. The van der Waals surface area contributed by atoms with Gasteiger partial charge < -0.3 is 14.3 Å². The van der Waals surface area contributed by atoms with Crippen molar-refractivity contribution in [2.24, 2.45) is 5.16 Å². The largest absolute Gasteiger partial charge is 0.499 e. The molecule has 0 saturated carbocycles. The highest BCUT2D eigenvalue weighted by Crippen LogP contribution is 2.14. The van der Waals surface area contributed by atoms with Gasteiger partial charge in [-0.05, 0) is 20.8 Å². The van der Waals surface area contributed by atoms with Gasteiger partial charge in [-0.2, -0.15) is 0 Å². The van der Waals surface area contributed by atoms with E-state index in [1.165, 1.54) is 4.90 Å². The molecule has 112 valence electrons. The number of ether oxygens (including phenoxy) is 2. The van der Waals surface area contributed by atoms with Gasteiger partial charge in [0.05, 0.1) is 20.2 Å². The normalized spacial score (nSPS) is 17.5. The summed E-state index contributed by atoms with van der Waals surface area (Å²) >= 11 is 0. The zero-order chi connectivity index (χ0) is 15.2. The number of nitrogens with zero attached hydrogens (tertiary/aromatic N) is 2. The minimum absolute atomic E-state index is 0.312. The standard InChI is InChI=1S/C14H22N2O4/c1-6-7-19-15-11-8-12(18-5)10-16(9-11)13(17)20-14(2,3)4/h6,8H,1,7,9-10H2,2-5H3. The van der Waals surface area contributed by atoms with Crippen molar-refractivity contribution in [2.45, 2.75) is 26.4 Å². The number of rotatable bonds is 4. The highest BCUT2D eigenvalue weighted by Gasteiger charge is 2.27. The number of carbonyl (C=O) groups is 1. The van der Waals surface area contributed by atoms with Crippen LogP contribution in [0.25, 0.3) is 0 Å². The van der Waals surface area contributed by atoms with Gasteiger partial charge in [-0.3, -0.25) is 4.90 Å². The molecule has 6 nitrogen and oxygen atoms in total. The molecule has 0 aromatic heterocycles. The first-order valence-electron chi connectivity index (χ1n) is 6.38. The van der Waals surface area contributed by atoms with E-state index in [0.717, 1.165) is 0 Å². The van der Waals surface area contributed by atoms with Gasteiger partial charge in [0.2, 0.25) is 0 Å². The fraction of sp³-hybridized carbons (Fsp3) is 0.571. The molecule has 0 aliphatic carbocycles. The maximum Gasteiger partial charge on any atom is 0.411 e. The van der Waals surface area contributed by atoms with Crippen molar-refractivity contribution in [2.75, 3.05) is 26.8 Å². The van der Waals surface area contributed by atoms with Crippen LogP contribution in [0.1, 0.15) is 20.8 Å². The van der Waals surface area contributed by atoms with Crippen molar-refractivity contribution in [1.29, 1.82) is 0 Å². The van der Waals surface area contributed by atoms with Crippen molar-refractivity contribution < 1.29 is 19.1 Å². The second-order valence-corrected chi connectivity index (χ2v) is 5.32. The first-order chi connectivity index (χ1) is 9.35. The maximum atomic E-state index is 12.1. The summed E-state index contributed by atoms with van der Waals surface area (Å²) in [5.74, 6) is 0.628. The molecule has 0 spiro atoms. The Kier molecular flexibility index (Phi) is 5.61. The van der Waals surface area contributed by atoms with Crippen molar-refractivity contribution >= 4 is 11.8 Å². The maximum absolute atomic E-state index is 12.1. The molecule has 0 bridgehead atoms. The Morgan fingerprint density at radius 2 is 2.20 bits per heavy atom. The molecule has 1 aliphatic heterocycles. The molecular formula is C14H22N2O4. The smallest absolute Gasteiger partial charge is 0.411 e. The first-order valence-corrected chi connectivity index (χ1v) is 6.38. The van der Waals surface area contributed by atoms with Crippen LogP contribution in [0.2, 0.25) is 0 Å². The van der Waals surface area contributed by atoms with E-state index in [0.29, 0.717) is 31.2 Å². The van der Waals surface area contributed by atoms with E-state index >= 15 is 0 Å². The topological polar surface area (TPSA) is 60.4 Å². The summed E-state index contributed by atoms with van der Waals surface area (Å²) in [6.45, 7) is 9.99. The van der Waals surface area contributed by atoms with Crippen molar-refractivity contribution in [1.82, 2.24) is 4.90 Å². The van der Waals surface area contributed by atoms with Crippen LogP contribution in [0.15, 0.2) is 29.6 Å². The molecule has 0 aromatic carbocycles. The molecule has 0 saturated heterocycles. The molecule has 0 atom stereocenters. The molecule has 0 fully saturated rings. The Morgan fingerprint density at radius 3 is 2.75 bits per heavy atom. The highest BCUT2D eigenvalue weighted by molar-refractivity contribution is 5.99. The van der Waals surface area contributed by atoms with Crippen molar-refractivity contribution in [3.05, 3.63) is 24.5 Å². The van der Waals surface area contributed by atoms with Crippen LogP contribution in [0.5, 0.6) is 0 Å². The van der Waals surface area contributed by atoms with E-state index in [-0.39, 0.29) is 0 Å². The fourth-order valence-electron chi connectivity index (χ4n) is 1.52. The summed E-state index contributed by atoms with van der Waals surface area (Å²) < 4.78 is 10.5. The predicted molar refractivity (Wildman–Crippen MR) is 76.5 cm³/mol. The highest BCUT2D eigenvalue weighted by atomic mass is 16.6. The van der Waals surface area contributed by atoms with E-state index in [1.807, 2.05) is 20.8 Å². The van der Waals surface area contributed by atoms with E-state index in [4.69, 9.17) is 14.3 Å². The first kappa shape index (κ1) is 16.1. The molecule has 0 aromatic rings. The lowest BCUT2D eigenvalue weighted by atomic mass is 10.2. The number of oxime groups is 1. The summed E-state index contributed by atoms with van der Waals surface area (Å²) in [5, 5.41) is 3.94. The lowest BCUT2D eigenvalue weighted by Gasteiger charge is -2.29. The summed E-state index contributed by atoms with van der Waals surface area (Å²) in [5.41, 5.74) is 0.0584. The van der Waals surface area contributed by atoms with Crippen molar-refractivity contribution in [3.63, 3.8) is 0 Å². The summed E-state index contributed by atoms with van der Waals surface area (Å²) in [6.07, 6.45) is 2.94. The fourth-order valence-corrected chi connectivity index (χ4v) is 1.52. The predicted octanol–water partition coefficient (Wildman–Crippen LogP) is 2.33. The molecule has 1 aliphatic rings. The monoisotopic (exact) mass is 282 g/mol. The second kappa shape index (κ2) is 6.98. The van der Waals surface area contributed by atoms with E-state index in [2.05, 4.69) is 11.7 Å². The van der Waals surface area contributed by atoms with Gasteiger partial charge in [-0.1, -0.05) is 17.8 Å². The molecule has 6 heteroatoms. The zero-order valence-electron chi connectivity index (χ0n) is 12.5. The van der Waals surface area contributed by atoms with E-state index in [1.54, 1.807) is 19.3 Å². The summed E-state index contributed by atoms with van der Waals surface area (Å²) in [4.78, 5) is 18.6. The average Bonchev–Trinajstić information content (AvgIpc) is 2.36. The van der Waals surface area contributed by atoms with Crippen LogP contribution in [0.3, 0.4) is 0 Å². The third kappa shape index (κ3) is 5.34. The van der Waals surface area contributed by atoms with Gasteiger partial charge in [0.1, 0.15) is 23.7 Å². The third-order valence-corrected chi connectivity index (χ3v) is 2.32. The third-order valence-electron chi connectivity index (χ3n) is 2.32. The molecule has 0 radical (unpaired) electrons. The molecule has 0 unspecified atom stereocenters. The molecule has 0 N–H and O–H groups in total. The molecule has 1 amide bonds. The molecule has 20 heavy (non-hydrogen) atoms. The van der Waals surface area contributed by atoms with E-state index < -0.39 is 11.7 Å². The lowest BCUT2D eigenvalue weighted by Crippen LogP contribution is -2.43. The second-order valence-electron chi connectivity index (χ2n) is 5.32. The zero-order valence-corrected chi connectivity index (χ0v) is 12.5. The molecular weight excluding hydrogens is 260 g/mol. The minimum Gasteiger partial charge on any atom is -0.499 e. The Bertz CT molecular complexity index is 421. The van der Waals surface area contributed by atoms with Gasteiger partial charge in [0, 0.05) is 6.08 Å². The number of carbonyl (C=O) groups excluding carboxylic acids is 1. The van der Waals surface area contributed by atoms with Gasteiger partial charge in [0.15, 0.2) is 0 Å². The minimum atomic E-state index is -0.540. The lowest BCUT2D eigenvalue weighted by molar-refractivity contribution is 0.0264.